The highest BCUT2D eigenvalue weighted by Gasteiger charge is 2.40. The second kappa shape index (κ2) is 9.60. The molecule has 0 aliphatic heterocycles. The van der Waals surface area contributed by atoms with E-state index in [1.165, 1.54) is 10.5 Å². The van der Waals surface area contributed by atoms with Gasteiger partial charge in [0.05, 0.1) is 18.2 Å². The van der Waals surface area contributed by atoms with Crippen molar-refractivity contribution in [2.24, 2.45) is 5.73 Å². The first-order valence-corrected chi connectivity index (χ1v) is 10.2. The summed E-state index contributed by atoms with van der Waals surface area (Å²) in [5, 5.41) is 3.35. The average molecular weight is 365 g/mol. The molecule has 2 rings (SSSR count). The highest BCUT2D eigenvalue weighted by atomic mass is 32.2. The molecule has 1 aromatic carbocycles. The molecule has 140 valence electrons. The van der Waals surface area contributed by atoms with Crippen LogP contribution in [0.4, 0.5) is 0 Å². The quantitative estimate of drug-likeness (QED) is 0.775. The number of rotatable bonds is 7. The lowest BCUT2D eigenvalue weighted by molar-refractivity contribution is -0.122. The molecule has 0 saturated heterocycles. The zero-order valence-electron chi connectivity index (χ0n) is 15.8. The maximum Gasteiger partial charge on any atom is 0.217 e. The van der Waals surface area contributed by atoms with Crippen molar-refractivity contribution in [1.82, 2.24) is 5.32 Å². The molecule has 0 aromatic heterocycles. The highest BCUT2D eigenvalue weighted by molar-refractivity contribution is 8.00. The molecule has 1 amide bonds. The Bertz CT molecular complexity index is 545. The van der Waals surface area contributed by atoms with E-state index >= 15 is 0 Å². The summed E-state index contributed by atoms with van der Waals surface area (Å²) >= 11 is 1.85. The molecule has 5 heteroatoms. The number of thioether (sulfide) groups is 1. The largest absolute Gasteiger partial charge is 0.372 e. The Balaban J connectivity index is 2.20. The number of nitrogens with two attached hydrogens (primary N) is 1. The van der Waals surface area contributed by atoms with E-state index in [1.807, 2.05) is 11.8 Å². The van der Waals surface area contributed by atoms with Crippen LogP contribution in [0, 0.1) is 6.92 Å². The number of ether oxygens (including phenoxy) is 1. The zero-order valence-corrected chi connectivity index (χ0v) is 16.6. The molecule has 1 saturated carbocycles. The predicted molar refractivity (Wildman–Crippen MR) is 105 cm³/mol. The van der Waals surface area contributed by atoms with Gasteiger partial charge in [-0.15, -0.1) is 11.8 Å². The molecule has 0 spiro atoms. The molecule has 0 radical (unpaired) electrons. The summed E-state index contributed by atoms with van der Waals surface area (Å²) in [5.41, 5.74) is 7.61. The molecule has 25 heavy (non-hydrogen) atoms. The van der Waals surface area contributed by atoms with Gasteiger partial charge in [0.1, 0.15) is 0 Å². The van der Waals surface area contributed by atoms with Crippen molar-refractivity contribution in [3.05, 3.63) is 29.8 Å². The maximum atomic E-state index is 11.7. The Labute approximate surface area is 156 Å². The monoisotopic (exact) mass is 364 g/mol. The Morgan fingerprint density at radius 3 is 2.48 bits per heavy atom. The SMILES string of the molecule is CCC(CC)O[C@H]1[C@H](NC(C)=O)[C@@H](N)CC[C@H]1Sc1ccc(C)cc1. The molecular formula is C20H32N2O2S. The molecule has 3 N–H and O–H groups in total. The molecule has 4 nitrogen and oxygen atoms in total. The summed E-state index contributed by atoms with van der Waals surface area (Å²) < 4.78 is 6.47. The molecule has 0 unspecified atom stereocenters. The number of amides is 1. The molecule has 4 atom stereocenters. The van der Waals surface area contributed by atoms with E-state index in [-0.39, 0.29) is 30.2 Å². The minimum Gasteiger partial charge on any atom is -0.372 e. The zero-order chi connectivity index (χ0) is 18.4. The van der Waals surface area contributed by atoms with Gasteiger partial charge in [-0.2, -0.15) is 0 Å². The van der Waals surface area contributed by atoms with E-state index in [9.17, 15) is 4.79 Å². The summed E-state index contributed by atoms with van der Waals surface area (Å²) in [6.45, 7) is 7.94. The van der Waals surface area contributed by atoms with Crippen molar-refractivity contribution in [3.63, 3.8) is 0 Å². The second-order valence-corrected chi connectivity index (χ2v) is 8.29. The van der Waals surface area contributed by atoms with Crippen LogP contribution in [-0.2, 0) is 9.53 Å². The standard InChI is InChI=1S/C20H32N2O2S/c1-5-15(6-2)24-20-18(25-16-9-7-13(3)8-10-16)12-11-17(21)19(20)22-14(4)23/h7-10,15,17-20H,5-6,11-12,21H2,1-4H3,(H,22,23)/t17-,18+,19+,20+/m0/s1. The maximum absolute atomic E-state index is 11.7. The number of benzene rings is 1. The number of hydrogen-bond donors (Lipinski definition) is 2. The number of aryl methyl sites for hydroxylation is 1. The first-order valence-electron chi connectivity index (χ1n) is 9.36. The van der Waals surface area contributed by atoms with Gasteiger partial charge in [0.15, 0.2) is 0 Å². The normalized spacial score (nSPS) is 26.6. The minimum atomic E-state index is -0.130. The van der Waals surface area contributed by atoms with Crippen molar-refractivity contribution in [2.75, 3.05) is 0 Å². The van der Waals surface area contributed by atoms with Gasteiger partial charge in [-0.25, -0.2) is 0 Å². The Kier molecular flexibility index (Phi) is 7.79. The first-order chi connectivity index (χ1) is 11.9. The molecule has 1 aromatic rings. The topological polar surface area (TPSA) is 64.3 Å². The van der Waals surface area contributed by atoms with Crippen LogP contribution in [0.2, 0.25) is 0 Å². The minimum absolute atomic E-state index is 0.0421. The smallest absolute Gasteiger partial charge is 0.217 e. The number of hydrogen-bond acceptors (Lipinski definition) is 4. The summed E-state index contributed by atoms with van der Waals surface area (Å²) in [6, 6.07) is 8.41. The van der Waals surface area contributed by atoms with Crippen LogP contribution in [-0.4, -0.2) is 35.4 Å². The fraction of sp³-hybridized carbons (Fsp3) is 0.650. The molecular weight excluding hydrogens is 332 g/mol. The van der Waals surface area contributed by atoms with Crippen molar-refractivity contribution >= 4 is 17.7 Å². The number of carbonyl (C=O) groups excluding carboxylic acids is 1. The van der Waals surface area contributed by atoms with Crippen LogP contribution in [0.25, 0.3) is 0 Å². The Hall–Kier alpha value is -1.04. The van der Waals surface area contributed by atoms with Gasteiger partial charge in [0, 0.05) is 23.1 Å². The molecule has 0 heterocycles. The van der Waals surface area contributed by atoms with Crippen molar-refractivity contribution in [1.29, 1.82) is 0 Å². The van der Waals surface area contributed by atoms with Crippen LogP contribution in [0.5, 0.6) is 0 Å². The van der Waals surface area contributed by atoms with E-state index < -0.39 is 0 Å². The fourth-order valence-electron chi connectivity index (χ4n) is 3.39. The van der Waals surface area contributed by atoms with E-state index in [4.69, 9.17) is 10.5 Å². The predicted octanol–water partition coefficient (Wildman–Crippen LogP) is 3.66. The van der Waals surface area contributed by atoms with Crippen LogP contribution in [0.3, 0.4) is 0 Å². The second-order valence-electron chi connectivity index (χ2n) is 6.98. The summed E-state index contributed by atoms with van der Waals surface area (Å²) in [4.78, 5) is 12.9. The third kappa shape index (κ3) is 5.73. The van der Waals surface area contributed by atoms with Crippen molar-refractivity contribution < 1.29 is 9.53 Å². The van der Waals surface area contributed by atoms with Crippen LogP contribution in [0.1, 0.15) is 52.0 Å². The highest BCUT2D eigenvalue weighted by Crippen LogP contribution is 2.36. The summed E-state index contributed by atoms with van der Waals surface area (Å²) in [5.74, 6) is -0.0421. The van der Waals surface area contributed by atoms with Gasteiger partial charge in [-0.1, -0.05) is 31.5 Å². The van der Waals surface area contributed by atoms with E-state index in [0.717, 1.165) is 25.7 Å². The van der Waals surface area contributed by atoms with Gasteiger partial charge in [-0.3, -0.25) is 4.79 Å². The van der Waals surface area contributed by atoms with Gasteiger partial charge in [0.25, 0.3) is 0 Å². The van der Waals surface area contributed by atoms with Crippen molar-refractivity contribution in [2.45, 2.75) is 87.8 Å². The Morgan fingerprint density at radius 2 is 1.92 bits per heavy atom. The molecule has 0 bridgehead atoms. The number of carbonyl (C=O) groups is 1. The van der Waals surface area contributed by atoms with Gasteiger partial charge >= 0.3 is 0 Å². The van der Waals surface area contributed by atoms with Crippen LogP contribution in [0.15, 0.2) is 29.2 Å². The molecule has 1 aliphatic carbocycles. The third-order valence-electron chi connectivity index (χ3n) is 4.90. The Morgan fingerprint density at radius 1 is 1.28 bits per heavy atom. The van der Waals surface area contributed by atoms with E-state index in [2.05, 4.69) is 50.4 Å². The molecule has 1 fully saturated rings. The van der Waals surface area contributed by atoms with E-state index in [0.29, 0.717) is 5.25 Å². The lowest BCUT2D eigenvalue weighted by Gasteiger charge is -2.42. The average Bonchev–Trinajstić information content (AvgIpc) is 2.59. The number of nitrogens with one attached hydrogen (secondary N) is 1. The van der Waals surface area contributed by atoms with Crippen molar-refractivity contribution in [3.8, 4) is 0 Å². The summed E-state index contributed by atoms with van der Waals surface area (Å²) in [6.07, 6.45) is 3.97. The molecule has 1 aliphatic rings. The van der Waals surface area contributed by atoms with Gasteiger partial charge in [-0.05, 0) is 44.7 Å². The van der Waals surface area contributed by atoms with Gasteiger partial charge in [0.2, 0.25) is 5.91 Å². The third-order valence-corrected chi connectivity index (χ3v) is 6.26. The van der Waals surface area contributed by atoms with Crippen LogP contribution < -0.4 is 11.1 Å². The van der Waals surface area contributed by atoms with Gasteiger partial charge < -0.3 is 15.8 Å². The summed E-state index contributed by atoms with van der Waals surface area (Å²) in [7, 11) is 0. The lowest BCUT2D eigenvalue weighted by Crippen LogP contribution is -2.61. The van der Waals surface area contributed by atoms with Crippen LogP contribution >= 0.6 is 11.8 Å². The van der Waals surface area contributed by atoms with E-state index in [1.54, 1.807) is 6.92 Å². The lowest BCUT2D eigenvalue weighted by atomic mass is 9.87. The fourth-order valence-corrected chi connectivity index (χ4v) is 4.66. The first kappa shape index (κ1) is 20.3.